The third-order valence-corrected chi connectivity index (χ3v) is 4.05. The van der Waals surface area contributed by atoms with Crippen molar-refractivity contribution in [3.8, 4) is 0 Å². The molecule has 0 radical (unpaired) electrons. The monoisotopic (exact) mass is 286 g/mol. The van der Waals surface area contributed by atoms with Gasteiger partial charge in [-0.1, -0.05) is 29.3 Å². The van der Waals surface area contributed by atoms with Crippen molar-refractivity contribution in [1.82, 2.24) is 4.90 Å². The van der Waals surface area contributed by atoms with Crippen LogP contribution in [0.5, 0.6) is 0 Å². The van der Waals surface area contributed by atoms with Gasteiger partial charge in [-0.3, -0.25) is 4.79 Å². The summed E-state index contributed by atoms with van der Waals surface area (Å²) in [6.45, 7) is 0.904. The summed E-state index contributed by atoms with van der Waals surface area (Å²) in [5.74, 6) is 0.107. The molecule has 0 saturated heterocycles. The summed E-state index contributed by atoms with van der Waals surface area (Å²) in [6, 6.07) is 5.31. The zero-order valence-electron chi connectivity index (χ0n) is 10.2. The average Bonchev–Trinajstić information content (AvgIpc) is 3.12. The molecular formula is C13H16Cl2N2O. The Kier molecular flexibility index (Phi) is 3.85. The molecule has 1 saturated carbocycles. The van der Waals surface area contributed by atoms with Gasteiger partial charge in [0.2, 0.25) is 5.91 Å². The molecule has 1 aliphatic carbocycles. The van der Waals surface area contributed by atoms with Crippen LogP contribution in [0.25, 0.3) is 0 Å². The number of halogens is 2. The van der Waals surface area contributed by atoms with Crippen LogP contribution < -0.4 is 5.73 Å². The van der Waals surface area contributed by atoms with Gasteiger partial charge in [0, 0.05) is 30.2 Å². The van der Waals surface area contributed by atoms with Crippen LogP contribution in [0.3, 0.4) is 0 Å². The highest BCUT2D eigenvalue weighted by Gasteiger charge is 2.49. The molecule has 2 rings (SSSR count). The first-order valence-corrected chi connectivity index (χ1v) is 6.64. The minimum atomic E-state index is -0.312. The van der Waals surface area contributed by atoms with Gasteiger partial charge >= 0.3 is 0 Å². The second kappa shape index (κ2) is 5.08. The second-order valence-corrected chi connectivity index (χ2v) is 5.73. The summed E-state index contributed by atoms with van der Waals surface area (Å²) in [7, 11) is 1.78. The predicted molar refractivity (Wildman–Crippen MR) is 73.7 cm³/mol. The maximum atomic E-state index is 12.2. The van der Waals surface area contributed by atoms with Gasteiger partial charge in [-0.05, 0) is 30.5 Å². The molecule has 3 nitrogen and oxygen atoms in total. The minimum absolute atomic E-state index is 0.107. The van der Waals surface area contributed by atoms with E-state index in [0.29, 0.717) is 23.1 Å². The average molecular weight is 287 g/mol. The third kappa shape index (κ3) is 2.63. The molecule has 0 spiro atoms. The van der Waals surface area contributed by atoms with Crippen LogP contribution in [0.2, 0.25) is 10.0 Å². The molecule has 1 aromatic carbocycles. The van der Waals surface area contributed by atoms with Gasteiger partial charge in [0.1, 0.15) is 0 Å². The van der Waals surface area contributed by atoms with Gasteiger partial charge in [-0.2, -0.15) is 0 Å². The highest BCUT2D eigenvalue weighted by molar-refractivity contribution is 6.35. The first kappa shape index (κ1) is 13.7. The van der Waals surface area contributed by atoms with E-state index in [1.54, 1.807) is 24.1 Å². The lowest BCUT2D eigenvalue weighted by atomic mass is 10.1. The fraction of sp³-hybridized carbons (Fsp3) is 0.462. The first-order chi connectivity index (χ1) is 8.48. The topological polar surface area (TPSA) is 46.3 Å². The van der Waals surface area contributed by atoms with Gasteiger partial charge in [0.25, 0.3) is 0 Å². The van der Waals surface area contributed by atoms with Crippen molar-refractivity contribution >= 4 is 29.1 Å². The van der Waals surface area contributed by atoms with Crippen molar-refractivity contribution in [2.24, 2.45) is 11.1 Å². The third-order valence-electron chi connectivity index (χ3n) is 3.47. The van der Waals surface area contributed by atoms with Gasteiger partial charge in [0.15, 0.2) is 0 Å². The van der Waals surface area contributed by atoms with E-state index in [1.807, 2.05) is 6.07 Å². The maximum Gasteiger partial charge on any atom is 0.230 e. The number of nitrogens with two attached hydrogens (primary N) is 1. The second-order valence-electron chi connectivity index (χ2n) is 4.88. The lowest BCUT2D eigenvalue weighted by Gasteiger charge is -2.23. The fourth-order valence-corrected chi connectivity index (χ4v) is 2.51. The smallest absolute Gasteiger partial charge is 0.230 e. The Bertz CT molecular complexity index is 472. The summed E-state index contributed by atoms with van der Waals surface area (Å²) in [4.78, 5) is 13.9. The standard InChI is InChI=1S/C13H16Cl2N2O/c1-17(12(18)13(8-16)4-5-13)7-9-2-3-10(14)6-11(9)15/h2-3,6H,4-5,7-8,16H2,1H3. The van der Waals surface area contributed by atoms with Crippen molar-refractivity contribution in [3.63, 3.8) is 0 Å². The molecule has 1 fully saturated rings. The van der Waals surface area contributed by atoms with Crippen LogP contribution in [0.15, 0.2) is 18.2 Å². The lowest BCUT2D eigenvalue weighted by molar-refractivity contribution is -0.135. The van der Waals surface area contributed by atoms with E-state index in [9.17, 15) is 4.79 Å². The van der Waals surface area contributed by atoms with Gasteiger partial charge in [0.05, 0.1) is 5.41 Å². The van der Waals surface area contributed by atoms with Crippen LogP contribution in [0.4, 0.5) is 0 Å². The maximum absolute atomic E-state index is 12.2. The molecule has 0 atom stereocenters. The molecule has 0 heterocycles. The van der Waals surface area contributed by atoms with Crippen LogP contribution >= 0.6 is 23.2 Å². The Morgan fingerprint density at radius 3 is 2.61 bits per heavy atom. The summed E-state index contributed by atoms with van der Waals surface area (Å²) in [5, 5.41) is 1.18. The van der Waals surface area contributed by atoms with E-state index in [2.05, 4.69) is 0 Å². The van der Waals surface area contributed by atoms with Crippen molar-refractivity contribution in [2.45, 2.75) is 19.4 Å². The number of rotatable bonds is 4. The van der Waals surface area contributed by atoms with Crippen molar-refractivity contribution in [1.29, 1.82) is 0 Å². The highest BCUT2D eigenvalue weighted by atomic mass is 35.5. The Morgan fingerprint density at radius 2 is 2.11 bits per heavy atom. The van der Waals surface area contributed by atoms with E-state index in [0.717, 1.165) is 18.4 Å². The van der Waals surface area contributed by atoms with Crippen LogP contribution in [-0.4, -0.2) is 24.4 Å². The van der Waals surface area contributed by atoms with Gasteiger partial charge in [-0.25, -0.2) is 0 Å². The number of hydrogen-bond acceptors (Lipinski definition) is 2. The molecule has 98 valence electrons. The molecule has 0 bridgehead atoms. The molecule has 18 heavy (non-hydrogen) atoms. The Morgan fingerprint density at radius 1 is 1.44 bits per heavy atom. The number of hydrogen-bond donors (Lipinski definition) is 1. The number of amides is 1. The lowest BCUT2D eigenvalue weighted by Crippen LogP contribution is -2.37. The summed E-state index contributed by atoms with van der Waals surface area (Å²) in [6.07, 6.45) is 1.78. The van der Waals surface area contributed by atoms with Crippen molar-refractivity contribution < 1.29 is 4.79 Å². The zero-order chi connectivity index (χ0) is 13.3. The highest BCUT2D eigenvalue weighted by Crippen LogP contribution is 2.46. The molecule has 0 aliphatic heterocycles. The zero-order valence-corrected chi connectivity index (χ0v) is 11.8. The quantitative estimate of drug-likeness (QED) is 0.925. The van der Waals surface area contributed by atoms with Crippen molar-refractivity contribution in [3.05, 3.63) is 33.8 Å². The molecule has 5 heteroatoms. The summed E-state index contributed by atoms with van der Waals surface area (Å²) in [5.41, 5.74) is 6.24. The number of nitrogens with zero attached hydrogens (tertiary/aromatic N) is 1. The van der Waals surface area contributed by atoms with Gasteiger partial charge < -0.3 is 10.6 Å². The molecule has 1 aliphatic rings. The van der Waals surface area contributed by atoms with E-state index >= 15 is 0 Å². The molecule has 2 N–H and O–H groups in total. The fourth-order valence-electron chi connectivity index (χ4n) is 2.04. The van der Waals surface area contributed by atoms with E-state index in [1.165, 1.54) is 0 Å². The SMILES string of the molecule is CN(Cc1ccc(Cl)cc1Cl)C(=O)C1(CN)CC1. The largest absolute Gasteiger partial charge is 0.341 e. The molecular weight excluding hydrogens is 271 g/mol. The van der Waals surface area contributed by atoms with E-state index in [-0.39, 0.29) is 11.3 Å². The minimum Gasteiger partial charge on any atom is -0.341 e. The molecule has 1 aromatic rings. The number of carbonyl (C=O) groups excluding carboxylic acids is 1. The molecule has 1 amide bonds. The Hall–Kier alpha value is -0.770. The summed E-state index contributed by atoms with van der Waals surface area (Å²) >= 11 is 11.9. The summed E-state index contributed by atoms with van der Waals surface area (Å²) < 4.78 is 0. The van der Waals surface area contributed by atoms with E-state index < -0.39 is 0 Å². The van der Waals surface area contributed by atoms with Crippen LogP contribution in [-0.2, 0) is 11.3 Å². The number of benzene rings is 1. The van der Waals surface area contributed by atoms with E-state index in [4.69, 9.17) is 28.9 Å². The van der Waals surface area contributed by atoms with Crippen LogP contribution in [0, 0.1) is 5.41 Å². The Balaban J connectivity index is 2.07. The predicted octanol–water partition coefficient (Wildman–Crippen LogP) is 2.69. The number of carbonyl (C=O) groups is 1. The van der Waals surface area contributed by atoms with Crippen LogP contribution in [0.1, 0.15) is 18.4 Å². The van der Waals surface area contributed by atoms with Crippen molar-refractivity contribution in [2.75, 3.05) is 13.6 Å². The molecule has 0 aromatic heterocycles. The van der Waals surface area contributed by atoms with Gasteiger partial charge in [-0.15, -0.1) is 0 Å². The normalized spacial score (nSPS) is 16.4. The first-order valence-electron chi connectivity index (χ1n) is 5.88. The Labute approximate surface area is 117 Å². The molecule has 0 unspecified atom stereocenters.